The van der Waals surface area contributed by atoms with Crippen LogP contribution in [-0.4, -0.2) is 40.6 Å². The van der Waals surface area contributed by atoms with Gasteiger partial charge in [-0.25, -0.2) is 4.79 Å². The van der Waals surface area contributed by atoms with E-state index < -0.39 is 5.97 Å². The summed E-state index contributed by atoms with van der Waals surface area (Å²) >= 11 is 0. The van der Waals surface area contributed by atoms with Crippen molar-refractivity contribution >= 4 is 11.7 Å². The van der Waals surface area contributed by atoms with Crippen LogP contribution in [0.15, 0.2) is 24.3 Å². The molecule has 0 aliphatic rings. The number of anilines is 1. The van der Waals surface area contributed by atoms with Gasteiger partial charge >= 0.3 is 5.97 Å². The summed E-state index contributed by atoms with van der Waals surface area (Å²) in [6.45, 7) is 0. The Bertz CT molecular complexity index is 531. The minimum atomic E-state index is -1.09. The average molecular weight is 232 g/mol. The summed E-state index contributed by atoms with van der Waals surface area (Å²) in [5.41, 5.74) is 2.04. The first kappa shape index (κ1) is 11.1. The molecule has 0 aliphatic heterocycles. The molecule has 0 amide bonds. The van der Waals surface area contributed by atoms with Gasteiger partial charge in [-0.1, -0.05) is 12.1 Å². The maximum absolute atomic E-state index is 10.9. The number of aromatic nitrogens is 3. The topological polar surface area (TPSA) is 82.1 Å². The lowest BCUT2D eigenvalue weighted by Gasteiger charge is -2.12. The molecule has 0 atom stereocenters. The third kappa shape index (κ3) is 2.10. The highest BCUT2D eigenvalue weighted by molar-refractivity contribution is 5.92. The molecule has 1 aromatic heterocycles. The van der Waals surface area contributed by atoms with Gasteiger partial charge in [-0.05, 0) is 12.1 Å². The summed E-state index contributed by atoms with van der Waals surface area (Å²) in [5.74, 6) is -1.09. The number of nitrogens with zero attached hydrogens (tertiary/aromatic N) is 3. The van der Waals surface area contributed by atoms with Crippen LogP contribution in [0.4, 0.5) is 5.69 Å². The van der Waals surface area contributed by atoms with E-state index in [-0.39, 0.29) is 5.69 Å². The average Bonchev–Trinajstić information content (AvgIpc) is 2.78. The number of carboxylic acids is 1. The molecule has 0 spiro atoms. The zero-order chi connectivity index (χ0) is 12.4. The molecule has 0 saturated carbocycles. The molecule has 17 heavy (non-hydrogen) atoms. The lowest BCUT2D eigenvalue weighted by atomic mass is 10.1. The number of hydrogen-bond donors (Lipinski definition) is 2. The lowest BCUT2D eigenvalue weighted by molar-refractivity contribution is 0.0691. The molecular formula is C11H12N4O2. The zero-order valence-electron chi connectivity index (χ0n) is 9.51. The van der Waals surface area contributed by atoms with Crippen LogP contribution in [-0.2, 0) is 0 Å². The summed E-state index contributed by atoms with van der Waals surface area (Å²) in [6, 6.07) is 7.44. The normalized spacial score (nSPS) is 10.2. The molecule has 0 bridgehead atoms. The standard InChI is InChI=1S/C11H12N4O2/c1-15(2)8-5-3-7(4-6-8)9-10(11(16)17)13-14-12-9/h3-6H,1-2H3,(H,16,17)(H,12,13,14). The van der Waals surface area contributed by atoms with Gasteiger partial charge < -0.3 is 10.0 Å². The van der Waals surface area contributed by atoms with Crippen LogP contribution in [0.25, 0.3) is 11.3 Å². The van der Waals surface area contributed by atoms with Crippen LogP contribution in [0.5, 0.6) is 0 Å². The number of aromatic amines is 1. The highest BCUT2D eigenvalue weighted by atomic mass is 16.4. The smallest absolute Gasteiger partial charge is 0.358 e. The predicted octanol–water partition coefficient (Wildman–Crippen LogP) is 1.24. The van der Waals surface area contributed by atoms with Crippen molar-refractivity contribution in [2.45, 2.75) is 0 Å². The van der Waals surface area contributed by atoms with Crippen molar-refractivity contribution in [1.29, 1.82) is 0 Å². The van der Waals surface area contributed by atoms with E-state index in [9.17, 15) is 4.79 Å². The number of carboxylic acid groups (broad SMARTS) is 1. The molecule has 2 rings (SSSR count). The molecule has 2 aromatic rings. The summed E-state index contributed by atoms with van der Waals surface area (Å²) in [4.78, 5) is 12.9. The zero-order valence-corrected chi connectivity index (χ0v) is 9.51. The summed E-state index contributed by atoms with van der Waals surface area (Å²) in [6.07, 6.45) is 0. The molecule has 0 saturated heterocycles. The molecule has 0 radical (unpaired) electrons. The van der Waals surface area contributed by atoms with Crippen LogP contribution in [0.3, 0.4) is 0 Å². The molecule has 0 fully saturated rings. The van der Waals surface area contributed by atoms with Crippen molar-refractivity contribution in [3.8, 4) is 11.3 Å². The van der Waals surface area contributed by atoms with Gasteiger partial charge in [-0.15, -0.1) is 5.10 Å². The molecule has 2 N–H and O–H groups in total. The fourth-order valence-electron chi connectivity index (χ4n) is 1.50. The van der Waals surface area contributed by atoms with E-state index in [1.807, 2.05) is 43.3 Å². The molecule has 1 heterocycles. The fraction of sp³-hybridized carbons (Fsp3) is 0.182. The molecular weight excluding hydrogens is 220 g/mol. The van der Waals surface area contributed by atoms with E-state index in [0.717, 1.165) is 11.3 Å². The molecule has 1 aromatic carbocycles. The SMILES string of the molecule is CN(C)c1ccc(-c2n[nH]nc2C(=O)O)cc1. The Morgan fingerprint density at radius 2 is 1.88 bits per heavy atom. The number of carbonyl (C=O) groups is 1. The minimum absolute atomic E-state index is 0.0670. The van der Waals surface area contributed by atoms with Crippen LogP contribution >= 0.6 is 0 Å². The van der Waals surface area contributed by atoms with Crippen molar-refractivity contribution < 1.29 is 9.90 Å². The molecule has 0 unspecified atom stereocenters. The highest BCUT2D eigenvalue weighted by Gasteiger charge is 2.16. The van der Waals surface area contributed by atoms with Gasteiger partial charge in [-0.2, -0.15) is 10.3 Å². The van der Waals surface area contributed by atoms with Crippen molar-refractivity contribution in [3.05, 3.63) is 30.0 Å². The van der Waals surface area contributed by atoms with E-state index in [0.29, 0.717) is 5.69 Å². The Morgan fingerprint density at radius 3 is 2.41 bits per heavy atom. The van der Waals surface area contributed by atoms with Crippen molar-refractivity contribution in [2.75, 3.05) is 19.0 Å². The number of rotatable bonds is 3. The quantitative estimate of drug-likeness (QED) is 0.831. The van der Waals surface area contributed by atoms with Crippen LogP contribution in [0.1, 0.15) is 10.5 Å². The second-order valence-corrected chi connectivity index (χ2v) is 3.77. The Balaban J connectivity index is 2.40. The molecule has 88 valence electrons. The number of benzene rings is 1. The monoisotopic (exact) mass is 232 g/mol. The summed E-state index contributed by atoms with van der Waals surface area (Å²) < 4.78 is 0. The number of H-pyrrole nitrogens is 1. The van der Waals surface area contributed by atoms with Gasteiger partial charge in [0.1, 0.15) is 5.69 Å². The largest absolute Gasteiger partial charge is 0.476 e. The third-order valence-corrected chi connectivity index (χ3v) is 2.41. The van der Waals surface area contributed by atoms with Crippen LogP contribution in [0, 0.1) is 0 Å². The van der Waals surface area contributed by atoms with Gasteiger partial charge in [0.15, 0.2) is 5.69 Å². The van der Waals surface area contributed by atoms with Gasteiger partial charge in [0.05, 0.1) is 0 Å². The first-order chi connectivity index (χ1) is 8.09. The first-order valence-electron chi connectivity index (χ1n) is 5.01. The minimum Gasteiger partial charge on any atom is -0.476 e. The second kappa shape index (κ2) is 4.25. The number of aromatic carboxylic acids is 1. The highest BCUT2D eigenvalue weighted by Crippen LogP contribution is 2.22. The second-order valence-electron chi connectivity index (χ2n) is 3.77. The Morgan fingerprint density at radius 1 is 1.24 bits per heavy atom. The fourth-order valence-corrected chi connectivity index (χ4v) is 1.50. The Labute approximate surface area is 97.9 Å². The predicted molar refractivity (Wildman–Crippen MR) is 63.1 cm³/mol. The Kier molecular flexibility index (Phi) is 2.78. The lowest BCUT2D eigenvalue weighted by Crippen LogP contribution is -2.08. The summed E-state index contributed by atoms with van der Waals surface area (Å²) in [5, 5.41) is 18.7. The molecule has 0 aliphatic carbocycles. The van der Waals surface area contributed by atoms with E-state index in [2.05, 4.69) is 15.4 Å². The maximum atomic E-state index is 10.9. The van der Waals surface area contributed by atoms with E-state index in [4.69, 9.17) is 5.11 Å². The van der Waals surface area contributed by atoms with E-state index in [1.165, 1.54) is 0 Å². The van der Waals surface area contributed by atoms with Crippen molar-refractivity contribution in [1.82, 2.24) is 15.4 Å². The van der Waals surface area contributed by atoms with E-state index in [1.54, 1.807) is 0 Å². The molecule has 6 heteroatoms. The van der Waals surface area contributed by atoms with Crippen molar-refractivity contribution in [2.24, 2.45) is 0 Å². The number of nitrogens with one attached hydrogen (secondary N) is 1. The van der Waals surface area contributed by atoms with Gasteiger partial charge in [0, 0.05) is 25.3 Å². The van der Waals surface area contributed by atoms with Crippen molar-refractivity contribution in [3.63, 3.8) is 0 Å². The number of hydrogen-bond acceptors (Lipinski definition) is 4. The Hall–Kier alpha value is -2.37. The van der Waals surface area contributed by atoms with Crippen LogP contribution < -0.4 is 4.90 Å². The third-order valence-electron chi connectivity index (χ3n) is 2.41. The summed E-state index contributed by atoms with van der Waals surface area (Å²) in [7, 11) is 3.88. The molecule has 6 nitrogen and oxygen atoms in total. The van der Waals surface area contributed by atoms with Crippen LogP contribution in [0.2, 0.25) is 0 Å². The van der Waals surface area contributed by atoms with Gasteiger partial charge in [0.25, 0.3) is 0 Å². The maximum Gasteiger partial charge on any atom is 0.358 e. The van der Waals surface area contributed by atoms with Gasteiger partial charge in [-0.3, -0.25) is 0 Å². The first-order valence-corrected chi connectivity index (χ1v) is 5.01. The van der Waals surface area contributed by atoms with Gasteiger partial charge in [0.2, 0.25) is 0 Å². The van der Waals surface area contributed by atoms with E-state index >= 15 is 0 Å².